The number of hydrogen-bond donors (Lipinski definition) is 2. The van der Waals surface area contributed by atoms with Crippen LogP contribution in [0.3, 0.4) is 0 Å². The van der Waals surface area contributed by atoms with E-state index in [0.717, 1.165) is 0 Å². The standard InChI is InChI=1S/C13H20N2O3S/c1-3-13(16)11-5-4-6-12(9-11)19(17,18)15-8-7-10(2)14/h4-6,9-10,15H,3,7-8,14H2,1-2H3. The summed E-state index contributed by atoms with van der Waals surface area (Å²) in [6, 6.07) is 6.01. The first-order valence-corrected chi connectivity index (χ1v) is 7.73. The second-order valence-electron chi connectivity index (χ2n) is 4.47. The van der Waals surface area contributed by atoms with Crippen LogP contribution in [0.1, 0.15) is 37.0 Å². The monoisotopic (exact) mass is 284 g/mol. The second-order valence-corrected chi connectivity index (χ2v) is 6.24. The summed E-state index contributed by atoms with van der Waals surface area (Å²) in [5.41, 5.74) is 5.98. The molecule has 5 nitrogen and oxygen atoms in total. The van der Waals surface area contributed by atoms with Crippen molar-refractivity contribution >= 4 is 15.8 Å². The Kier molecular flexibility index (Phi) is 5.65. The summed E-state index contributed by atoms with van der Waals surface area (Å²) in [7, 11) is -3.58. The molecular weight excluding hydrogens is 264 g/mol. The molecule has 0 radical (unpaired) electrons. The van der Waals surface area contributed by atoms with Gasteiger partial charge in [0.05, 0.1) is 4.90 Å². The van der Waals surface area contributed by atoms with E-state index in [1.54, 1.807) is 19.1 Å². The lowest BCUT2D eigenvalue weighted by Gasteiger charge is -2.09. The number of carbonyl (C=O) groups excluding carboxylic acids is 1. The van der Waals surface area contributed by atoms with Gasteiger partial charge in [0.2, 0.25) is 10.0 Å². The zero-order chi connectivity index (χ0) is 14.5. The maximum Gasteiger partial charge on any atom is 0.240 e. The largest absolute Gasteiger partial charge is 0.328 e. The lowest BCUT2D eigenvalue weighted by atomic mass is 10.1. The first-order valence-electron chi connectivity index (χ1n) is 6.25. The van der Waals surface area contributed by atoms with E-state index >= 15 is 0 Å². The molecule has 1 unspecified atom stereocenters. The Bertz CT molecular complexity index is 539. The van der Waals surface area contributed by atoms with Crippen LogP contribution in [0.5, 0.6) is 0 Å². The number of nitrogens with two attached hydrogens (primary N) is 1. The zero-order valence-electron chi connectivity index (χ0n) is 11.2. The molecule has 1 rings (SSSR count). The molecule has 6 heteroatoms. The summed E-state index contributed by atoms with van der Waals surface area (Å²) in [4.78, 5) is 11.7. The van der Waals surface area contributed by atoms with Gasteiger partial charge in [-0.25, -0.2) is 13.1 Å². The van der Waals surface area contributed by atoms with Crippen molar-refractivity contribution in [1.29, 1.82) is 0 Å². The molecule has 1 aromatic carbocycles. The van der Waals surface area contributed by atoms with Crippen LogP contribution in [0.25, 0.3) is 0 Å². The van der Waals surface area contributed by atoms with Gasteiger partial charge >= 0.3 is 0 Å². The van der Waals surface area contributed by atoms with Gasteiger partial charge in [-0.3, -0.25) is 4.79 Å². The number of sulfonamides is 1. The van der Waals surface area contributed by atoms with Gasteiger partial charge in [-0.15, -0.1) is 0 Å². The van der Waals surface area contributed by atoms with Crippen LogP contribution in [0, 0.1) is 0 Å². The Labute approximate surface area is 114 Å². The third-order valence-corrected chi connectivity index (χ3v) is 4.14. The number of ketones is 1. The van der Waals surface area contributed by atoms with E-state index in [2.05, 4.69) is 4.72 Å². The van der Waals surface area contributed by atoms with E-state index in [4.69, 9.17) is 5.73 Å². The third-order valence-electron chi connectivity index (χ3n) is 2.68. The van der Waals surface area contributed by atoms with Gasteiger partial charge in [-0.05, 0) is 25.5 Å². The number of benzene rings is 1. The molecule has 0 aromatic heterocycles. The van der Waals surface area contributed by atoms with Crippen LogP contribution >= 0.6 is 0 Å². The van der Waals surface area contributed by atoms with Crippen LogP contribution in [0.15, 0.2) is 29.2 Å². The van der Waals surface area contributed by atoms with Crippen molar-refractivity contribution in [3.8, 4) is 0 Å². The summed E-state index contributed by atoms with van der Waals surface area (Å²) in [5.74, 6) is -0.0763. The molecular formula is C13H20N2O3S. The molecule has 1 aromatic rings. The highest BCUT2D eigenvalue weighted by molar-refractivity contribution is 7.89. The highest BCUT2D eigenvalue weighted by atomic mass is 32.2. The van der Waals surface area contributed by atoms with Crippen molar-refractivity contribution in [2.24, 2.45) is 5.73 Å². The summed E-state index contributed by atoms with van der Waals surface area (Å²) in [5, 5.41) is 0. The van der Waals surface area contributed by atoms with Crippen molar-refractivity contribution in [2.75, 3.05) is 6.54 Å². The minimum absolute atomic E-state index is 0.0595. The molecule has 0 bridgehead atoms. The summed E-state index contributed by atoms with van der Waals surface area (Å²) in [6.07, 6.45) is 0.911. The zero-order valence-corrected chi connectivity index (χ0v) is 12.0. The molecule has 19 heavy (non-hydrogen) atoms. The Balaban J connectivity index is 2.86. The Morgan fingerprint density at radius 1 is 1.42 bits per heavy atom. The van der Waals surface area contributed by atoms with E-state index < -0.39 is 10.0 Å². The first kappa shape index (κ1) is 15.8. The number of Topliss-reactive ketones (excluding diaryl/α,β-unsaturated/α-hetero) is 1. The van der Waals surface area contributed by atoms with Gasteiger partial charge < -0.3 is 5.73 Å². The molecule has 0 heterocycles. The van der Waals surface area contributed by atoms with Crippen LogP contribution in [0.4, 0.5) is 0 Å². The number of nitrogens with one attached hydrogen (secondary N) is 1. The van der Waals surface area contributed by atoms with E-state index in [9.17, 15) is 13.2 Å². The Morgan fingerprint density at radius 2 is 2.11 bits per heavy atom. The van der Waals surface area contributed by atoms with E-state index in [-0.39, 0.29) is 23.3 Å². The molecule has 0 saturated carbocycles. The SMILES string of the molecule is CCC(=O)c1cccc(S(=O)(=O)NCCC(C)N)c1. The maximum absolute atomic E-state index is 12.0. The topological polar surface area (TPSA) is 89.3 Å². The van der Waals surface area contributed by atoms with Crippen molar-refractivity contribution in [3.05, 3.63) is 29.8 Å². The van der Waals surface area contributed by atoms with Crippen molar-refractivity contribution in [3.63, 3.8) is 0 Å². The molecule has 0 amide bonds. The van der Waals surface area contributed by atoms with Gasteiger partial charge in [0.25, 0.3) is 0 Å². The lowest BCUT2D eigenvalue weighted by molar-refractivity contribution is 0.0988. The van der Waals surface area contributed by atoms with Crippen molar-refractivity contribution in [1.82, 2.24) is 4.72 Å². The smallest absolute Gasteiger partial charge is 0.240 e. The fourth-order valence-electron chi connectivity index (χ4n) is 1.55. The quantitative estimate of drug-likeness (QED) is 0.738. The van der Waals surface area contributed by atoms with E-state index in [1.165, 1.54) is 12.1 Å². The number of rotatable bonds is 7. The Hall–Kier alpha value is -1.24. The lowest BCUT2D eigenvalue weighted by Crippen LogP contribution is -2.29. The highest BCUT2D eigenvalue weighted by Gasteiger charge is 2.15. The van der Waals surface area contributed by atoms with Crippen LogP contribution < -0.4 is 10.5 Å². The predicted molar refractivity (Wildman–Crippen MR) is 74.5 cm³/mol. The summed E-state index contributed by atoms with van der Waals surface area (Å²) in [6.45, 7) is 3.84. The summed E-state index contributed by atoms with van der Waals surface area (Å²) < 4.78 is 26.5. The molecule has 0 saturated heterocycles. The van der Waals surface area contributed by atoms with Gasteiger partial charge in [0.1, 0.15) is 0 Å². The predicted octanol–water partition coefficient (Wildman–Crippen LogP) is 1.29. The van der Waals surface area contributed by atoms with E-state index in [0.29, 0.717) is 18.4 Å². The minimum atomic E-state index is -3.58. The van der Waals surface area contributed by atoms with Crippen molar-refractivity contribution < 1.29 is 13.2 Å². The average molecular weight is 284 g/mol. The van der Waals surface area contributed by atoms with Crippen molar-refractivity contribution in [2.45, 2.75) is 37.6 Å². The number of carbonyl (C=O) groups is 1. The average Bonchev–Trinajstić information content (AvgIpc) is 2.37. The normalized spacial score (nSPS) is 13.2. The highest BCUT2D eigenvalue weighted by Crippen LogP contribution is 2.13. The van der Waals surface area contributed by atoms with Gasteiger partial charge in [0, 0.05) is 24.6 Å². The first-order chi connectivity index (χ1) is 8.86. The molecule has 0 spiro atoms. The molecule has 0 fully saturated rings. The molecule has 106 valence electrons. The van der Waals surface area contributed by atoms with Gasteiger partial charge in [0.15, 0.2) is 5.78 Å². The molecule has 1 atom stereocenters. The third kappa shape index (κ3) is 4.74. The minimum Gasteiger partial charge on any atom is -0.328 e. The summed E-state index contributed by atoms with van der Waals surface area (Å²) >= 11 is 0. The van der Waals surface area contributed by atoms with Crippen LogP contribution in [0.2, 0.25) is 0 Å². The van der Waals surface area contributed by atoms with E-state index in [1.807, 2.05) is 6.92 Å². The molecule has 0 aliphatic heterocycles. The van der Waals surface area contributed by atoms with Gasteiger partial charge in [-0.1, -0.05) is 19.1 Å². The maximum atomic E-state index is 12.0. The molecule has 0 aliphatic carbocycles. The van der Waals surface area contributed by atoms with Gasteiger partial charge in [-0.2, -0.15) is 0 Å². The Morgan fingerprint density at radius 3 is 2.68 bits per heavy atom. The second kappa shape index (κ2) is 6.79. The number of hydrogen-bond acceptors (Lipinski definition) is 4. The fraction of sp³-hybridized carbons (Fsp3) is 0.462. The fourth-order valence-corrected chi connectivity index (χ4v) is 2.64. The molecule has 3 N–H and O–H groups in total. The van der Waals surface area contributed by atoms with Crippen LogP contribution in [-0.2, 0) is 10.0 Å². The van der Waals surface area contributed by atoms with Crippen LogP contribution in [-0.4, -0.2) is 26.8 Å². The molecule has 0 aliphatic rings.